The SMILES string of the molecule is CC(Nc1ccc(C#N)n(C)c1=O)c1cc2cc(Cl)c(OCc3ccccn3)cc2[nH]c1=O. The molecule has 1 unspecified atom stereocenters. The number of nitriles is 1. The average molecular weight is 462 g/mol. The van der Waals surface area contributed by atoms with Crippen molar-refractivity contribution in [2.45, 2.75) is 19.6 Å². The first-order valence-corrected chi connectivity index (χ1v) is 10.5. The Morgan fingerprint density at radius 3 is 2.79 bits per heavy atom. The van der Waals surface area contributed by atoms with Gasteiger partial charge in [-0.15, -0.1) is 0 Å². The van der Waals surface area contributed by atoms with Gasteiger partial charge >= 0.3 is 0 Å². The Bertz CT molecular complexity index is 1490. The predicted octanol–water partition coefficient (Wildman–Crippen LogP) is 3.90. The second-order valence-corrected chi connectivity index (χ2v) is 7.91. The third-order valence-corrected chi connectivity index (χ3v) is 5.58. The Balaban J connectivity index is 1.61. The predicted molar refractivity (Wildman–Crippen MR) is 127 cm³/mol. The maximum atomic E-state index is 12.8. The van der Waals surface area contributed by atoms with E-state index in [9.17, 15) is 9.59 Å². The van der Waals surface area contributed by atoms with E-state index < -0.39 is 6.04 Å². The standard InChI is InChI=1S/C24H20ClN5O3/c1-14(28-20-7-6-17(12-26)30(2)24(20)32)18-9-15-10-19(25)22(11-21(15)29-23(18)31)33-13-16-5-3-4-8-27-16/h3-11,14,28H,13H2,1-2H3,(H,29,31). The van der Waals surface area contributed by atoms with Gasteiger partial charge in [-0.1, -0.05) is 17.7 Å². The van der Waals surface area contributed by atoms with Gasteiger partial charge in [-0.25, -0.2) is 0 Å². The molecule has 4 aromatic rings. The van der Waals surface area contributed by atoms with Gasteiger partial charge in [-0.05, 0) is 43.3 Å². The molecular weight excluding hydrogens is 442 g/mol. The Labute approximate surface area is 194 Å². The molecule has 0 spiro atoms. The second kappa shape index (κ2) is 9.18. The van der Waals surface area contributed by atoms with Gasteiger partial charge < -0.3 is 19.6 Å². The van der Waals surface area contributed by atoms with Crippen LogP contribution in [0, 0.1) is 11.3 Å². The lowest BCUT2D eigenvalue weighted by atomic mass is 10.1. The first kappa shape index (κ1) is 22.1. The monoisotopic (exact) mass is 461 g/mol. The summed E-state index contributed by atoms with van der Waals surface area (Å²) >= 11 is 6.41. The van der Waals surface area contributed by atoms with Crippen LogP contribution in [-0.2, 0) is 13.7 Å². The topological polar surface area (TPSA) is 113 Å². The molecule has 0 fully saturated rings. The van der Waals surface area contributed by atoms with Crippen molar-refractivity contribution in [3.8, 4) is 11.8 Å². The summed E-state index contributed by atoms with van der Waals surface area (Å²) in [5.74, 6) is 0.436. The molecule has 3 heterocycles. The van der Waals surface area contributed by atoms with Crippen molar-refractivity contribution in [3.63, 3.8) is 0 Å². The zero-order valence-corrected chi connectivity index (χ0v) is 18.7. The van der Waals surface area contributed by atoms with Crippen molar-refractivity contribution in [2.75, 3.05) is 5.32 Å². The lowest BCUT2D eigenvalue weighted by Crippen LogP contribution is -2.26. The molecule has 3 aromatic heterocycles. The van der Waals surface area contributed by atoms with E-state index in [1.807, 2.05) is 24.3 Å². The van der Waals surface area contributed by atoms with E-state index in [4.69, 9.17) is 21.6 Å². The summed E-state index contributed by atoms with van der Waals surface area (Å²) in [6.07, 6.45) is 1.68. The van der Waals surface area contributed by atoms with Gasteiger partial charge in [0.1, 0.15) is 29.8 Å². The maximum absolute atomic E-state index is 12.8. The minimum Gasteiger partial charge on any atom is -0.486 e. The number of nitrogens with one attached hydrogen (secondary N) is 2. The maximum Gasteiger partial charge on any atom is 0.274 e. The van der Waals surface area contributed by atoms with Crippen molar-refractivity contribution in [1.82, 2.24) is 14.5 Å². The molecule has 0 bridgehead atoms. The van der Waals surface area contributed by atoms with E-state index in [-0.39, 0.29) is 23.4 Å². The molecule has 0 aliphatic rings. The molecule has 0 radical (unpaired) electrons. The zero-order valence-electron chi connectivity index (χ0n) is 17.9. The summed E-state index contributed by atoms with van der Waals surface area (Å²) in [6, 6.07) is 15.2. The molecular formula is C24H20ClN5O3. The fourth-order valence-corrected chi connectivity index (χ4v) is 3.69. The highest BCUT2D eigenvalue weighted by molar-refractivity contribution is 6.32. The molecule has 1 atom stereocenters. The van der Waals surface area contributed by atoms with Gasteiger partial charge in [0.15, 0.2) is 0 Å². The van der Waals surface area contributed by atoms with Crippen molar-refractivity contribution in [2.24, 2.45) is 7.05 Å². The molecule has 8 nitrogen and oxygen atoms in total. The minimum atomic E-state index is -0.474. The summed E-state index contributed by atoms with van der Waals surface area (Å²) in [5, 5.41) is 13.3. The molecule has 1 aromatic carbocycles. The zero-order chi connectivity index (χ0) is 23.5. The average Bonchev–Trinajstić information content (AvgIpc) is 2.81. The van der Waals surface area contributed by atoms with Crippen molar-refractivity contribution >= 4 is 28.2 Å². The van der Waals surface area contributed by atoms with Crippen molar-refractivity contribution < 1.29 is 4.74 Å². The summed E-state index contributed by atoms with van der Waals surface area (Å²) in [5.41, 5.74) is 1.66. The number of aromatic nitrogens is 3. The largest absolute Gasteiger partial charge is 0.486 e. The van der Waals surface area contributed by atoms with Crippen LogP contribution < -0.4 is 21.2 Å². The number of hydrogen-bond acceptors (Lipinski definition) is 6. The van der Waals surface area contributed by atoms with Crippen molar-refractivity contribution in [1.29, 1.82) is 5.26 Å². The Hall–Kier alpha value is -4.09. The van der Waals surface area contributed by atoms with Crippen LogP contribution in [0.2, 0.25) is 5.02 Å². The van der Waals surface area contributed by atoms with Gasteiger partial charge in [0.05, 0.1) is 22.3 Å². The van der Waals surface area contributed by atoms with Crippen molar-refractivity contribution in [3.05, 3.63) is 97.4 Å². The number of pyridine rings is 3. The fraction of sp³-hybridized carbons (Fsp3) is 0.167. The number of H-pyrrole nitrogens is 1. The van der Waals surface area contributed by atoms with Crippen LogP contribution in [0.15, 0.2) is 64.3 Å². The number of fused-ring (bicyclic) bond motifs is 1. The van der Waals surface area contributed by atoms with E-state index in [0.29, 0.717) is 27.5 Å². The number of ether oxygens (including phenoxy) is 1. The van der Waals surface area contributed by atoms with Gasteiger partial charge in [-0.3, -0.25) is 14.6 Å². The molecule has 0 saturated heterocycles. The molecule has 2 N–H and O–H groups in total. The Morgan fingerprint density at radius 2 is 2.06 bits per heavy atom. The molecule has 0 aliphatic carbocycles. The Kier molecular flexibility index (Phi) is 6.16. The minimum absolute atomic E-state index is 0.245. The number of nitrogens with zero attached hydrogens (tertiary/aromatic N) is 3. The molecule has 9 heteroatoms. The van der Waals surface area contributed by atoms with Gasteiger partial charge in [-0.2, -0.15) is 5.26 Å². The molecule has 33 heavy (non-hydrogen) atoms. The molecule has 0 aliphatic heterocycles. The summed E-state index contributed by atoms with van der Waals surface area (Å²) in [6.45, 7) is 2.02. The number of halogens is 1. The van der Waals surface area contributed by atoms with Crippen LogP contribution in [0.25, 0.3) is 10.9 Å². The first-order chi connectivity index (χ1) is 15.9. The summed E-state index contributed by atoms with van der Waals surface area (Å²) in [7, 11) is 1.52. The molecule has 4 rings (SSSR count). The normalized spacial score (nSPS) is 11.7. The number of benzene rings is 1. The van der Waals surface area contributed by atoms with Gasteiger partial charge in [0, 0.05) is 30.3 Å². The lowest BCUT2D eigenvalue weighted by Gasteiger charge is -2.16. The smallest absolute Gasteiger partial charge is 0.274 e. The highest BCUT2D eigenvalue weighted by atomic mass is 35.5. The van der Waals surface area contributed by atoms with E-state index in [0.717, 1.165) is 11.1 Å². The molecule has 0 amide bonds. The summed E-state index contributed by atoms with van der Waals surface area (Å²) < 4.78 is 7.04. The van der Waals surface area contributed by atoms with Gasteiger partial charge in [0.25, 0.3) is 11.1 Å². The first-order valence-electron chi connectivity index (χ1n) is 10.1. The fourth-order valence-electron chi connectivity index (χ4n) is 3.46. The Morgan fingerprint density at radius 1 is 1.24 bits per heavy atom. The van der Waals surface area contributed by atoms with E-state index >= 15 is 0 Å². The lowest BCUT2D eigenvalue weighted by molar-refractivity contribution is 0.302. The van der Waals surface area contributed by atoms with Crippen LogP contribution in [0.3, 0.4) is 0 Å². The quantitative estimate of drug-likeness (QED) is 0.450. The third kappa shape index (κ3) is 4.59. The molecule has 166 valence electrons. The van der Waals surface area contributed by atoms with Gasteiger partial charge in [0.2, 0.25) is 0 Å². The summed E-state index contributed by atoms with van der Waals surface area (Å²) in [4.78, 5) is 32.3. The van der Waals surface area contributed by atoms with Crippen LogP contribution >= 0.6 is 11.6 Å². The van der Waals surface area contributed by atoms with E-state index in [1.54, 1.807) is 37.4 Å². The van der Waals surface area contributed by atoms with Crippen LogP contribution in [-0.4, -0.2) is 14.5 Å². The number of hydrogen-bond donors (Lipinski definition) is 2. The van der Waals surface area contributed by atoms with E-state index in [2.05, 4.69) is 15.3 Å². The van der Waals surface area contributed by atoms with Crippen LogP contribution in [0.4, 0.5) is 5.69 Å². The second-order valence-electron chi connectivity index (χ2n) is 7.51. The van der Waals surface area contributed by atoms with Crippen LogP contribution in [0.1, 0.15) is 29.9 Å². The molecule has 0 saturated carbocycles. The highest BCUT2D eigenvalue weighted by Crippen LogP contribution is 2.30. The van der Waals surface area contributed by atoms with Crippen LogP contribution in [0.5, 0.6) is 5.75 Å². The number of anilines is 1. The third-order valence-electron chi connectivity index (χ3n) is 5.28. The number of rotatable bonds is 6. The number of aromatic amines is 1. The van der Waals surface area contributed by atoms with E-state index in [1.165, 1.54) is 17.7 Å². The highest BCUT2D eigenvalue weighted by Gasteiger charge is 2.15.